The Hall–Kier alpha value is -1.35. The van der Waals surface area contributed by atoms with Gasteiger partial charge in [-0.25, -0.2) is 4.98 Å². The number of alkyl halides is 3. The SMILES string of the molecule is O=S(=O)(Oc1nccc2sccc12)C(F)(F)F. The van der Waals surface area contributed by atoms with Gasteiger partial charge in [0, 0.05) is 10.9 Å². The highest BCUT2D eigenvalue weighted by molar-refractivity contribution is 7.88. The number of hydrogen-bond acceptors (Lipinski definition) is 5. The van der Waals surface area contributed by atoms with Crippen molar-refractivity contribution in [2.45, 2.75) is 5.51 Å². The molecule has 2 aromatic heterocycles. The van der Waals surface area contributed by atoms with Crippen LogP contribution in [0.15, 0.2) is 23.7 Å². The molecule has 0 aliphatic heterocycles. The number of fused-ring (bicyclic) bond motifs is 1. The summed E-state index contributed by atoms with van der Waals surface area (Å²) in [6, 6.07) is 2.99. The molecule has 4 nitrogen and oxygen atoms in total. The van der Waals surface area contributed by atoms with Crippen LogP contribution in [0.1, 0.15) is 0 Å². The molecule has 0 saturated carbocycles. The molecule has 0 spiro atoms. The van der Waals surface area contributed by atoms with Gasteiger partial charge < -0.3 is 4.18 Å². The molecule has 0 amide bonds. The summed E-state index contributed by atoms with van der Waals surface area (Å²) < 4.78 is 62.5. The van der Waals surface area contributed by atoms with E-state index in [-0.39, 0.29) is 5.39 Å². The van der Waals surface area contributed by atoms with Gasteiger partial charge >= 0.3 is 15.6 Å². The predicted molar refractivity (Wildman–Crippen MR) is 55.2 cm³/mol. The molecule has 9 heteroatoms. The smallest absolute Gasteiger partial charge is 0.355 e. The Kier molecular flexibility index (Phi) is 2.74. The fraction of sp³-hybridized carbons (Fsp3) is 0.125. The summed E-state index contributed by atoms with van der Waals surface area (Å²) in [5, 5.41) is 1.82. The number of rotatable bonds is 2. The fourth-order valence-corrected chi connectivity index (χ4v) is 2.29. The van der Waals surface area contributed by atoms with Crippen molar-refractivity contribution in [3.05, 3.63) is 23.7 Å². The van der Waals surface area contributed by atoms with Gasteiger partial charge in [-0.1, -0.05) is 0 Å². The monoisotopic (exact) mass is 283 g/mol. The minimum Gasteiger partial charge on any atom is -0.355 e. The third-order valence-electron chi connectivity index (χ3n) is 1.82. The Bertz CT molecular complexity index is 647. The van der Waals surface area contributed by atoms with Gasteiger partial charge in [-0.15, -0.1) is 11.3 Å². The van der Waals surface area contributed by atoms with Crippen molar-refractivity contribution in [2.75, 3.05) is 0 Å². The maximum Gasteiger partial charge on any atom is 0.534 e. The van der Waals surface area contributed by atoms with Crippen molar-refractivity contribution in [3.8, 4) is 5.88 Å². The molecule has 0 atom stereocenters. The first-order valence-corrected chi connectivity index (χ1v) is 6.43. The standard InChI is InChI=1S/C8H4F3NO3S2/c9-8(10,11)17(13,14)15-7-5-2-4-16-6(5)1-3-12-7/h1-4H. The lowest BCUT2D eigenvalue weighted by Gasteiger charge is -2.08. The van der Waals surface area contributed by atoms with E-state index in [0.29, 0.717) is 4.70 Å². The lowest BCUT2D eigenvalue weighted by atomic mass is 10.3. The minimum absolute atomic E-state index is 0.227. The molecule has 2 aromatic rings. The van der Waals surface area contributed by atoms with Crippen molar-refractivity contribution in [1.82, 2.24) is 4.98 Å². The highest BCUT2D eigenvalue weighted by atomic mass is 32.2. The van der Waals surface area contributed by atoms with Gasteiger partial charge in [-0.3, -0.25) is 0 Å². The number of aromatic nitrogens is 1. The van der Waals surface area contributed by atoms with Gasteiger partial charge in [0.1, 0.15) is 0 Å². The van der Waals surface area contributed by atoms with Crippen LogP contribution in [0, 0.1) is 0 Å². The second-order valence-corrected chi connectivity index (χ2v) is 5.42. The lowest BCUT2D eigenvalue weighted by molar-refractivity contribution is -0.0500. The Balaban J connectivity index is 2.47. The average Bonchev–Trinajstić information content (AvgIpc) is 2.64. The van der Waals surface area contributed by atoms with Crippen LogP contribution in [0.4, 0.5) is 13.2 Å². The van der Waals surface area contributed by atoms with Crippen molar-refractivity contribution < 1.29 is 25.8 Å². The Morgan fingerprint density at radius 2 is 2.00 bits per heavy atom. The molecular formula is C8H4F3NO3S2. The Morgan fingerprint density at radius 1 is 1.29 bits per heavy atom. The van der Waals surface area contributed by atoms with Crippen LogP contribution in [-0.2, 0) is 10.1 Å². The summed E-state index contributed by atoms with van der Waals surface area (Å²) >= 11 is 1.24. The third kappa shape index (κ3) is 2.20. The van der Waals surface area contributed by atoms with E-state index in [1.165, 1.54) is 23.6 Å². The topological polar surface area (TPSA) is 56.3 Å². The van der Waals surface area contributed by atoms with Crippen LogP contribution in [0.2, 0.25) is 0 Å². The molecule has 17 heavy (non-hydrogen) atoms. The second-order valence-electron chi connectivity index (χ2n) is 2.93. The van der Waals surface area contributed by atoms with Crippen LogP contribution in [0.3, 0.4) is 0 Å². The quantitative estimate of drug-likeness (QED) is 0.627. The Morgan fingerprint density at radius 3 is 2.65 bits per heavy atom. The third-order valence-corrected chi connectivity index (χ3v) is 3.64. The van der Waals surface area contributed by atoms with Gasteiger partial charge in [0.05, 0.1) is 5.39 Å². The summed E-state index contributed by atoms with van der Waals surface area (Å²) in [6.07, 6.45) is 1.18. The maximum absolute atomic E-state index is 12.1. The zero-order valence-corrected chi connectivity index (χ0v) is 9.56. The summed E-state index contributed by atoms with van der Waals surface area (Å²) in [6.45, 7) is 0. The molecule has 0 aliphatic carbocycles. The second kappa shape index (κ2) is 3.84. The maximum atomic E-state index is 12.1. The van der Waals surface area contributed by atoms with Gasteiger partial charge in [0.15, 0.2) is 0 Å². The predicted octanol–water partition coefficient (Wildman–Crippen LogP) is 2.52. The van der Waals surface area contributed by atoms with Gasteiger partial charge in [0.2, 0.25) is 5.88 Å². The first-order valence-electron chi connectivity index (χ1n) is 4.14. The van der Waals surface area contributed by atoms with Crippen molar-refractivity contribution >= 4 is 31.5 Å². The molecule has 0 fully saturated rings. The van der Waals surface area contributed by atoms with E-state index in [0.717, 1.165) is 0 Å². The van der Waals surface area contributed by atoms with E-state index in [1.807, 2.05) is 0 Å². The Labute approximate surface area is 97.8 Å². The van der Waals surface area contributed by atoms with Crippen LogP contribution in [0.5, 0.6) is 5.88 Å². The fourth-order valence-electron chi connectivity index (χ4n) is 1.09. The van der Waals surface area contributed by atoms with Crippen LogP contribution in [0.25, 0.3) is 10.1 Å². The van der Waals surface area contributed by atoms with E-state index in [1.54, 1.807) is 11.4 Å². The van der Waals surface area contributed by atoms with Crippen LogP contribution in [-0.4, -0.2) is 18.9 Å². The molecule has 0 radical (unpaired) electrons. The highest BCUT2D eigenvalue weighted by Gasteiger charge is 2.49. The number of pyridine rings is 1. The zero-order valence-electron chi connectivity index (χ0n) is 7.93. The normalized spacial score (nSPS) is 12.9. The molecule has 2 heterocycles. The first kappa shape index (κ1) is 12.1. The first-order chi connectivity index (χ1) is 7.81. The van der Waals surface area contributed by atoms with Crippen molar-refractivity contribution in [2.24, 2.45) is 0 Å². The number of hydrogen-bond donors (Lipinski definition) is 0. The average molecular weight is 283 g/mol. The van der Waals surface area contributed by atoms with E-state index in [2.05, 4.69) is 9.17 Å². The zero-order chi connectivity index (χ0) is 12.7. The van der Waals surface area contributed by atoms with E-state index in [4.69, 9.17) is 0 Å². The molecule has 0 N–H and O–H groups in total. The summed E-state index contributed by atoms with van der Waals surface area (Å²) in [5.41, 5.74) is -5.47. The number of nitrogens with zero attached hydrogens (tertiary/aromatic N) is 1. The number of thiophene rings is 1. The summed E-state index contributed by atoms with van der Waals surface area (Å²) in [4.78, 5) is 3.48. The van der Waals surface area contributed by atoms with Crippen molar-refractivity contribution in [3.63, 3.8) is 0 Å². The largest absolute Gasteiger partial charge is 0.534 e. The highest BCUT2D eigenvalue weighted by Crippen LogP contribution is 2.31. The molecule has 0 aliphatic rings. The molecule has 2 rings (SSSR count). The number of halogens is 3. The summed E-state index contributed by atoms with van der Waals surface area (Å²) in [7, 11) is -5.68. The van der Waals surface area contributed by atoms with Crippen LogP contribution < -0.4 is 4.18 Å². The van der Waals surface area contributed by atoms with Crippen LogP contribution >= 0.6 is 11.3 Å². The van der Waals surface area contributed by atoms with Crippen molar-refractivity contribution in [1.29, 1.82) is 0 Å². The van der Waals surface area contributed by atoms with E-state index < -0.39 is 21.5 Å². The van der Waals surface area contributed by atoms with Gasteiger partial charge in [0.25, 0.3) is 0 Å². The lowest BCUT2D eigenvalue weighted by Crippen LogP contribution is -2.28. The van der Waals surface area contributed by atoms with E-state index in [9.17, 15) is 21.6 Å². The summed E-state index contributed by atoms with van der Waals surface area (Å²) in [5.74, 6) is -0.568. The van der Waals surface area contributed by atoms with E-state index >= 15 is 0 Å². The molecule has 92 valence electrons. The molecule has 0 aromatic carbocycles. The minimum atomic E-state index is -5.68. The molecule has 0 unspecified atom stereocenters. The molecular weight excluding hydrogens is 279 g/mol. The van der Waals surface area contributed by atoms with Gasteiger partial charge in [-0.2, -0.15) is 21.6 Å². The van der Waals surface area contributed by atoms with Gasteiger partial charge in [-0.05, 0) is 17.5 Å². The molecule has 0 saturated heterocycles. The molecule has 0 bridgehead atoms.